The quantitative estimate of drug-likeness (QED) is 0.852. The number of hydrogen-bond acceptors (Lipinski definition) is 2. The number of nitrogens with two attached hydrogens (primary N) is 1. The minimum atomic E-state index is 0.699. The molecule has 3 nitrogen and oxygen atoms in total. The second-order valence-electron chi connectivity index (χ2n) is 3.61. The van der Waals surface area contributed by atoms with Crippen LogP contribution in [0, 0.1) is 9.62 Å². The van der Waals surface area contributed by atoms with E-state index in [1.165, 1.54) is 18.7 Å². The summed E-state index contributed by atoms with van der Waals surface area (Å²) in [7, 11) is 0. The minimum Gasteiger partial charge on any atom is -0.333 e. The van der Waals surface area contributed by atoms with Crippen molar-refractivity contribution in [1.29, 1.82) is 0 Å². The van der Waals surface area contributed by atoms with E-state index in [-0.39, 0.29) is 0 Å². The second kappa shape index (κ2) is 3.96. The lowest BCUT2D eigenvalue weighted by molar-refractivity contribution is 0.636. The third-order valence-corrected chi connectivity index (χ3v) is 2.89. The molecule has 2 N–H and O–H groups in total. The molecular weight excluding hydrogens is 277 g/mol. The van der Waals surface area contributed by atoms with E-state index in [4.69, 9.17) is 5.73 Å². The normalized spacial score (nSPS) is 16.5. The lowest BCUT2D eigenvalue weighted by Crippen LogP contribution is -2.12. The molecule has 0 amide bonds. The average molecular weight is 291 g/mol. The fraction of sp³-hybridized carbons (Fsp3) is 0.667. The summed E-state index contributed by atoms with van der Waals surface area (Å²) in [5.74, 6) is 2.12. The molecule has 0 spiro atoms. The zero-order valence-corrected chi connectivity index (χ0v) is 9.70. The van der Waals surface area contributed by atoms with Gasteiger partial charge in [-0.2, -0.15) is 0 Å². The Morgan fingerprint density at radius 3 is 3.00 bits per heavy atom. The largest absolute Gasteiger partial charge is 0.333 e. The number of nitrogens with zero attached hydrogens (tertiary/aromatic N) is 2. The summed E-state index contributed by atoms with van der Waals surface area (Å²) in [6.45, 7) is 1.60. The Morgan fingerprint density at radius 2 is 2.38 bits per heavy atom. The van der Waals surface area contributed by atoms with Crippen LogP contribution in [0.2, 0.25) is 0 Å². The summed E-state index contributed by atoms with van der Waals surface area (Å²) < 4.78 is 3.28. The minimum absolute atomic E-state index is 0.699. The summed E-state index contributed by atoms with van der Waals surface area (Å²) >= 11 is 2.26. The van der Waals surface area contributed by atoms with E-state index < -0.39 is 0 Å². The Labute approximate surface area is 91.9 Å². The molecule has 13 heavy (non-hydrogen) atoms. The van der Waals surface area contributed by atoms with Gasteiger partial charge in [-0.15, -0.1) is 0 Å². The zero-order chi connectivity index (χ0) is 9.26. The van der Waals surface area contributed by atoms with Crippen LogP contribution in [0.15, 0.2) is 6.20 Å². The number of rotatable bonds is 4. The van der Waals surface area contributed by atoms with Gasteiger partial charge in [0.1, 0.15) is 9.53 Å². The smallest absolute Gasteiger partial charge is 0.119 e. The van der Waals surface area contributed by atoms with E-state index in [2.05, 4.69) is 38.3 Å². The van der Waals surface area contributed by atoms with Crippen molar-refractivity contribution in [2.24, 2.45) is 11.7 Å². The van der Waals surface area contributed by atoms with Crippen LogP contribution in [0.25, 0.3) is 0 Å². The Hall–Kier alpha value is -0.100. The predicted octanol–water partition coefficient (Wildman–Crippen LogP) is 1.40. The number of hydrogen-bond donors (Lipinski definition) is 1. The first-order chi connectivity index (χ1) is 6.29. The van der Waals surface area contributed by atoms with Crippen molar-refractivity contribution in [3.8, 4) is 0 Å². The van der Waals surface area contributed by atoms with Gasteiger partial charge in [-0.3, -0.25) is 0 Å². The van der Waals surface area contributed by atoms with Crippen molar-refractivity contribution < 1.29 is 0 Å². The van der Waals surface area contributed by atoms with Crippen LogP contribution in [0.3, 0.4) is 0 Å². The van der Waals surface area contributed by atoms with Gasteiger partial charge in [0, 0.05) is 25.7 Å². The van der Waals surface area contributed by atoms with Crippen molar-refractivity contribution in [2.45, 2.75) is 25.8 Å². The van der Waals surface area contributed by atoms with Gasteiger partial charge in [-0.1, -0.05) is 0 Å². The Morgan fingerprint density at radius 1 is 1.62 bits per heavy atom. The molecule has 1 saturated carbocycles. The van der Waals surface area contributed by atoms with Crippen molar-refractivity contribution in [3.63, 3.8) is 0 Å². The maximum absolute atomic E-state index is 5.53. The molecule has 1 aromatic rings. The van der Waals surface area contributed by atoms with Gasteiger partial charge in [0.05, 0.1) is 0 Å². The van der Waals surface area contributed by atoms with E-state index in [0.29, 0.717) is 6.54 Å². The second-order valence-corrected chi connectivity index (χ2v) is 4.71. The van der Waals surface area contributed by atoms with Crippen LogP contribution in [-0.2, 0) is 13.0 Å². The first-order valence-electron chi connectivity index (χ1n) is 4.71. The van der Waals surface area contributed by atoms with Crippen LogP contribution >= 0.6 is 22.6 Å². The van der Waals surface area contributed by atoms with E-state index >= 15 is 0 Å². The van der Waals surface area contributed by atoms with Crippen molar-refractivity contribution in [3.05, 3.63) is 15.7 Å². The molecule has 1 aromatic heterocycles. The molecule has 1 aliphatic rings. The van der Waals surface area contributed by atoms with Gasteiger partial charge in [-0.05, 0) is 41.4 Å². The molecule has 4 heteroatoms. The highest BCUT2D eigenvalue weighted by Crippen LogP contribution is 2.32. The molecule has 0 unspecified atom stereocenters. The average Bonchev–Trinajstić information content (AvgIpc) is 2.80. The molecule has 0 aromatic carbocycles. The first kappa shape index (κ1) is 9.45. The third-order valence-electron chi connectivity index (χ3n) is 2.37. The van der Waals surface area contributed by atoms with E-state index in [1.807, 2.05) is 0 Å². The van der Waals surface area contributed by atoms with Gasteiger partial charge in [0.15, 0.2) is 0 Å². The topological polar surface area (TPSA) is 43.8 Å². The number of aromatic nitrogens is 2. The highest BCUT2D eigenvalue weighted by molar-refractivity contribution is 14.1. The summed E-state index contributed by atoms with van der Waals surface area (Å²) in [6.07, 6.45) is 5.99. The standard InChI is InChI=1S/C9H14IN3/c10-8-6-13(4-3-11)9(12-8)5-7-1-2-7/h6-7H,1-5,11H2. The molecule has 0 radical (unpaired) electrons. The van der Waals surface area contributed by atoms with Crippen LogP contribution in [0.1, 0.15) is 18.7 Å². The molecule has 1 fully saturated rings. The molecule has 0 saturated heterocycles. The number of halogens is 1. The summed E-state index contributed by atoms with van der Waals surface area (Å²) in [5.41, 5.74) is 5.53. The van der Waals surface area contributed by atoms with E-state index in [1.54, 1.807) is 0 Å². The van der Waals surface area contributed by atoms with Gasteiger partial charge in [0.2, 0.25) is 0 Å². The summed E-state index contributed by atoms with van der Waals surface area (Å²) in [6, 6.07) is 0. The predicted molar refractivity (Wildman–Crippen MR) is 60.4 cm³/mol. The van der Waals surface area contributed by atoms with Gasteiger partial charge >= 0.3 is 0 Å². The summed E-state index contributed by atoms with van der Waals surface area (Å²) in [4.78, 5) is 4.50. The molecular formula is C9H14IN3. The Bertz CT molecular complexity index is 291. The van der Waals surface area contributed by atoms with Crippen molar-refractivity contribution in [2.75, 3.05) is 6.54 Å². The van der Waals surface area contributed by atoms with Gasteiger partial charge in [0.25, 0.3) is 0 Å². The molecule has 72 valence electrons. The molecule has 2 rings (SSSR count). The monoisotopic (exact) mass is 291 g/mol. The highest BCUT2D eigenvalue weighted by Gasteiger charge is 2.23. The van der Waals surface area contributed by atoms with Crippen LogP contribution in [-0.4, -0.2) is 16.1 Å². The van der Waals surface area contributed by atoms with Crippen LogP contribution in [0.5, 0.6) is 0 Å². The molecule has 0 atom stereocenters. The summed E-state index contributed by atoms with van der Waals surface area (Å²) in [5, 5.41) is 0. The first-order valence-corrected chi connectivity index (χ1v) is 5.79. The van der Waals surface area contributed by atoms with Gasteiger partial charge < -0.3 is 10.3 Å². The maximum atomic E-state index is 5.53. The Kier molecular flexibility index (Phi) is 2.88. The van der Waals surface area contributed by atoms with Crippen LogP contribution < -0.4 is 5.73 Å². The van der Waals surface area contributed by atoms with E-state index in [0.717, 1.165) is 22.6 Å². The lowest BCUT2D eigenvalue weighted by Gasteiger charge is -2.04. The van der Waals surface area contributed by atoms with Crippen molar-refractivity contribution >= 4 is 22.6 Å². The fourth-order valence-electron chi connectivity index (χ4n) is 1.50. The molecule has 0 aliphatic heterocycles. The SMILES string of the molecule is NCCn1cc(I)nc1CC1CC1. The number of imidazole rings is 1. The molecule has 1 aliphatic carbocycles. The van der Waals surface area contributed by atoms with E-state index in [9.17, 15) is 0 Å². The van der Waals surface area contributed by atoms with Crippen LogP contribution in [0.4, 0.5) is 0 Å². The van der Waals surface area contributed by atoms with Gasteiger partial charge in [-0.25, -0.2) is 4.98 Å². The Balaban J connectivity index is 2.10. The molecule has 0 bridgehead atoms. The molecule has 1 heterocycles. The zero-order valence-electron chi connectivity index (χ0n) is 7.54. The maximum Gasteiger partial charge on any atom is 0.119 e. The highest BCUT2D eigenvalue weighted by atomic mass is 127. The third kappa shape index (κ3) is 2.43. The fourth-order valence-corrected chi connectivity index (χ4v) is 2.11. The van der Waals surface area contributed by atoms with Crippen molar-refractivity contribution in [1.82, 2.24) is 9.55 Å². The lowest BCUT2D eigenvalue weighted by atomic mass is 10.3.